The maximum atomic E-state index is 13.5. The van der Waals surface area contributed by atoms with Crippen LogP contribution in [-0.2, 0) is 16.3 Å². The van der Waals surface area contributed by atoms with Crippen molar-refractivity contribution in [2.75, 3.05) is 0 Å². The van der Waals surface area contributed by atoms with E-state index in [1.54, 1.807) is 0 Å². The molecule has 0 bridgehead atoms. The highest BCUT2D eigenvalue weighted by atomic mass is 32.2. The van der Waals surface area contributed by atoms with Crippen LogP contribution in [0.2, 0.25) is 0 Å². The van der Waals surface area contributed by atoms with Crippen molar-refractivity contribution in [3.8, 4) is 5.75 Å². The van der Waals surface area contributed by atoms with Crippen molar-refractivity contribution >= 4 is 10.1 Å². The standard InChI is InChI=1S/C13H7F5O3S/c14-8-5-6-12(10(15)7-8)22(19,20)21-11-4-2-1-3-9(11)13(16,17)18/h1-7H. The predicted octanol–water partition coefficient (Wildman–Crippen LogP) is 3.75. The molecule has 0 unspecified atom stereocenters. The summed E-state index contributed by atoms with van der Waals surface area (Å²) in [6.07, 6.45) is -4.85. The molecule has 2 rings (SSSR count). The van der Waals surface area contributed by atoms with E-state index in [1.807, 2.05) is 0 Å². The van der Waals surface area contributed by atoms with E-state index in [1.165, 1.54) is 0 Å². The Balaban J connectivity index is 2.46. The summed E-state index contributed by atoms with van der Waals surface area (Å²) in [5, 5.41) is 0. The van der Waals surface area contributed by atoms with E-state index >= 15 is 0 Å². The first-order valence-corrected chi connectivity index (χ1v) is 7.08. The molecule has 0 aliphatic carbocycles. The third-order valence-corrected chi connectivity index (χ3v) is 3.82. The molecular formula is C13H7F5O3S. The molecule has 2 aromatic rings. The lowest BCUT2D eigenvalue weighted by atomic mass is 10.2. The number of para-hydroxylation sites is 1. The highest BCUT2D eigenvalue weighted by Crippen LogP contribution is 2.37. The molecule has 0 atom stereocenters. The Kier molecular flexibility index (Phi) is 4.10. The molecule has 0 aliphatic heterocycles. The van der Waals surface area contributed by atoms with Crippen LogP contribution in [0.3, 0.4) is 0 Å². The van der Waals surface area contributed by atoms with Gasteiger partial charge in [-0.2, -0.15) is 21.6 Å². The summed E-state index contributed by atoms with van der Waals surface area (Å²) < 4.78 is 92.6. The lowest BCUT2D eigenvalue weighted by molar-refractivity contribution is -0.138. The van der Waals surface area contributed by atoms with Crippen LogP contribution >= 0.6 is 0 Å². The van der Waals surface area contributed by atoms with Gasteiger partial charge in [-0.25, -0.2) is 8.78 Å². The van der Waals surface area contributed by atoms with Crippen molar-refractivity contribution in [3.63, 3.8) is 0 Å². The predicted molar refractivity (Wildman–Crippen MR) is 65.6 cm³/mol. The smallest absolute Gasteiger partial charge is 0.378 e. The van der Waals surface area contributed by atoms with E-state index in [0.29, 0.717) is 18.2 Å². The molecule has 22 heavy (non-hydrogen) atoms. The minimum atomic E-state index is -4.89. The van der Waals surface area contributed by atoms with E-state index in [4.69, 9.17) is 0 Å². The first kappa shape index (κ1) is 16.2. The zero-order valence-electron chi connectivity index (χ0n) is 10.6. The highest BCUT2D eigenvalue weighted by Gasteiger charge is 2.36. The van der Waals surface area contributed by atoms with Gasteiger partial charge in [0.2, 0.25) is 0 Å². The number of rotatable bonds is 3. The van der Waals surface area contributed by atoms with Crippen molar-refractivity contribution in [1.29, 1.82) is 0 Å². The Morgan fingerprint density at radius 1 is 0.955 bits per heavy atom. The second kappa shape index (κ2) is 5.56. The number of alkyl halides is 3. The van der Waals surface area contributed by atoms with Crippen molar-refractivity contribution in [3.05, 3.63) is 59.7 Å². The maximum absolute atomic E-state index is 13.5. The SMILES string of the molecule is O=S(=O)(Oc1ccccc1C(F)(F)F)c1ccc(F)cc1F. The Morgan fingerprint density at radius 3 is 2.18 bits per heavy atom. The normalized spacial score (nSPS) is 12.2. The van der Waals surface area contributed by atoms with Crippen molar-refractivity contribution < 1.29 is 34.6 Å². The Bertz CT molecular complexity index is 800. The lowest BCUT2D eigenvalue weighted by Crippen LogP contribution is -2.15. The molecule has 0 spiro atoms. The summed E-state index contributed by atoms with van der Waals surface area (Å²) in [5.41, 5.74) is -1.33. The molecular weight excluding hydrogens is 331 g/mol. The van der Waals surface area contributed by atoms with Gasteiger partial charge in [0, 0.05) is 6.07 Å². The molecule has 3 nitrogen and oxygen atoms in total. The van der Waals surface area contributed by atoms with E-state index in [2.05, 4.69) is 4.18 Å². The molecule has 9 heteroatoms. The van der Waals surface area contributed by atoms with Gasteiger partial charge in [0.05, 0.1) is 5.56 Å². The topological polar surface area (TPSA) is 43.4 Å². The summed E-state index contributed by atoms with van der Waals surface area (Å²) in [6, 6.07) is 5.06. The molecule has 118 valence electrons. The average Bonchev–Trinajstić information content (AvgIpc) is 2.36. The van der Waals surface area contributed by atoms with Gasteiger partial charge < -0.3 is 4.18 Å². The van der Waals surface area contributed by atoms with Crippen LogP contribution in [0.25, 0.3) is 0 Å². The Morgan fingerprint density at radius 2 is 1.59 bits per heavy atom. The third-order valence-electron chi connectivity index (χ3n) is 2.56. The van der Waals surface area contributed by atoms with Gasteiger partial charge in [0.1, 0.15) is 16.5 Å². The van der Waals surface area contributed by atoms with Gasteiger partial charge in [-0.3, -0.25) is 0 Å². The Hall–Kier alpha value is -2.16. The van der Waals surface area contributed by atoms with Gasteiger partial charge in [-0.15, -0.1) is 0 Å². The van der Waals surface area contributed by atoms with E-state index in [9.17, 15) is 30.4 Å². The van der Waals surface area contributed by atoms with Crippen molar-refractivity contribution in [2.45, 2.75) is 11.1 Å². The minimum absolute atomic E-state index is 0.284. The highest BCUT2D eigenvalue weighted by molar-refractivity contribution is 7.87. The van der Waals surface area contributed by atoms with Crippen molar-refractivity contribution in [1.82, 2.24) is 0 Å². The second-order valence-electron chi connectivity index (χ2n) is 4.11. The molecule has 0 fully saturated rings. The monoisotopic (exact) mass is 338 g/mol. The summed E-state index contributed by atoms with van der Waals surface area (Å²) in [4.78, 5) is -1.06. The molecule has 0 aliphatic rings. The fraction of sp³-hybridized carbons (Fsp3) is 0.0769. The molecule has 0 aromatic heterocycles. The van der Waals surface area contributed by atoms with Crippen LogP contribution in [0.15, 0.2) is 47.4 Å². The van der Waals surface area contributed by atoms with Crippen LogP contribution < -0.4 is 4.18 Å². The summed E-state index contributed by atoms with van der Waals surface area (Å²) >= 11 is 0. The molecule has 0 saturated carbocycles. The van der Waals surface area contributed by atoms with E-state index < -0.39 is 44.1 Å². The summed E-state index contributed by atoms with van der Waals surface area (Å²) in [5.74, 6) is -3.50. The zero-order chi connectivity index (χ0) is 16.5. The summed E-state index contributed by atoms with van der Waals surface area (Å²) in [6.45, 7) is 0. The first-order valence-electron chi connectivity index (χ1n) is 5.67. The molecule has 2 aromatic carbocycles. The maximum Gasteiger partial charge on any atom is 0.420 e. The number of benzene rings is 2. The van der Waals surface area contributed by atoms with Gasteiger partial charge in [-0.1, -0.05) is 12.1 Å². The lowest BCUT2D eigenvalue weighted by Gasteiger charge is -2.13. The molecule has 0 N–H and O–H groups in total. The van der Waals surface area contributed by atoms with Gasteiger partial charge in [-0.05, 0) is 24.3 Å². The van der Waals surface area contributed by atoms with Gasteiger partial charge >= 0.3 is 16.3 Å². The van der Waals surface area contributed by atoms with Crippen molar-refractivity contribution in [2.24, 2.45) is 0 Å². The van der Waals surface area contributed by atoms with Gasteiger partial charge in [0.15, 0.2) is 5.75 Å². The average molecular weight is 338 g/mol. The Labute approximate surface area is 122 Å². The second-order valence-corrected chi connectivity index (χ2v) is 5.62. The fourth-order valence-corrected chi connectivity index (χ4v) is 2.62. The molecule has 0 saturated heterocycles. The quantitative estimate of drug-likeness (QED) is 0.632. The molecule has 0 radical (unpaired) electrons. The largest absolute Gasteiger partial charge is 0.420 e. The van der Waals surface area contributed by atoms with Crippen LogP contribution in [0.5, 0.6) is 5.75 Å². The number of halogens is 5. The van der Waals surface area contributed by atoms with E-state index in [-0.39, 0.29) is 6.07 Å². The number of hydrogen-bond donors (Lipinski definition) is 0. The van der Waals surface area contributed by atoms with Crippen LogP contribution in [-0.4, -0.2) is 8.42 Å². The number of hydrogen-bond acceptors (Lipinski definition) is 3. The van der Waals surface area contributed by atoms with Crippen LogP contribution in [0.4, 0.5) is 22.0 Å². The minimum Gasteiger partial charge on any atom is -0.378 e. The van der Waals surface area contributed by atoms with Crippen LogP contribution in [0.1, 0.15) is 5.56 Å². The first-order chi connectivity index (χ1) is 10.1. The van der Waals surface area contributed by atoms with Gasteiger partial charge in [0.25, 0.3) is 0 Å². The molecule has 0 amide bonds. The summed E-state index contributed by atoms with van der Waals surface area (Å²) in [7, 11) is -4.89. The van der Waals surface area contributed by atoms with E-state index in [0.717, 1.165) is 18.2 Å². The fourth-order valence-electron chi connectivity index (χ4n) is 1.61. The zero-order valence-corrected chi connectivity index (χ0v) is 11.4. The molecule has 0 heterocycles. The van der Waals surface area contributed by atoms with Crippen LogP contribution in [0, 0.1) is 11.6 Å². The third kappa shape index (κ3) is 3.35.